The van der Waals surface area contributed by atoms with Crippen molar-refractivity contribution in [3.8, 4) is 39.5 Å². The SMILES string of the molecule is CC1(C)c2ccccc2-c2c3c1cccc3cc1c3cc4ccccc4cc3n(-c3nc(-c4ccc(-c5ccccc5)cc4)c4ccccc4n3)c21. The van der Waals surface area contributed by atoms with E-state index in [-0.39, 0.29) is 5.41 Å². The van der Waals surface area contributed by atoms with Crippen molar-refractivity contribution in [2.24, 2.45) is 0 Å². The fourth-order valence-corrected chi connectivity index (χ4v) is 8.85. The van der Waals surface area contributed by atoms with Gasteiger partial charge >= 0.3 is 0 Å². The van der Waals surface area contributed by atoms with Gasteiger partial charge < -0.3 is 0 Å². The Bertz CT molecular complexity index is 3080. The molecule has 1 aliphatic carbocycles. The molecular weight excluding hydrogens is 631 g/mol. The molecule has 0 saturated carbocycles. The maximum atomic E-state index is 5.53. The zero-order chi connectivity index (χ0) is 34.6. The quantitative estimate of drug-likeness (QED) is 0.188. The first-order chi connectivity index (χ1) is 25.5. The first kappa shape index (κ1) is 29.2. The molecule has 3 nitrogen and oxygen atoms in total. The van der Waals surface area contributed by atoms with Gasteiger partial charge in [0.25, 0.3) is 0 Å². The van der Waals surface area contributed by atoms with Gasteiger partial charge in [0, 0.05) is 32.7 Å². The Kier molecular flexibility index (Phi) is 6.01. The van der Waals surface area contributed by atoms with Crippen LogP contribution >= 0.6 is 0 Å². The van der Waals surface area contributed by atoms with Crippen LogP contribution in [-0.2, 0) is 5.41 Å². The van der Waals surface area contributed by atoms with E-state index in [1.165, 1.54) is 65.7 Å². The van der Waals surface area contributed by atoms with Gasteiger partial charge in [0.2, 0.25) is 5.95 Å². The molecule has 0 N–H and O–H groups in total. The zero-order valence-corrected chi connectivity index (χ0v) is 28.9. The second kappa shape index (κ2) is 10.7. The normalized spacial score (nSPS) is 13.3. The first-order valence-electron chi connectivity index (χ1n) is 18.0. The highest BCUT2D eigenvalue weighted by Gasteiger charge is 2.35. The molecule has 0 unspecified atom stereocenters. The molecule has 2 heterocycles. The molecule has 244 valence electrons. The molecule has 0 fully saturated rings. The van der Waals surface area contributed by atoms with Gasteiger partial charge in [-0.25, -0.2) is 9.97 Å². The molecule has 0 amide bonds. The van der Waals surface area contributed by atoms with Crippen LogP contribution < -0.4 is 0 Å². The van der Waals surface area contributed by atoms with Crippen LogP contribution in [0, 0.1) is 0 Å². The topological polar surface area (TPSA) is 30.7 Å². The lowest BCUT2D eigenvalue weighted by molar-refractivity contribution is 0.645. The van der Waals surface area contributed by atoms with E-state index in [9.17, 15) is 0 Å². The van der Waals surface area contributed by atoms with E-state index in [4.69, 9.17) is 9.97 Å². The largest absolute Gasteiger partial charge is 0.277 e. The van der Waals surface area contributed by atoms with Crippen molar-refractivity contribution in [3.05, 3.63) is 175 Å². The second-order valence-electron chi connectivity index (χ2n) is 14.6. The lowest BCUT2D eigenvalue weighted by Crippen LogP contribution is -2.23. The van der Waals surface area contributed by atoms with E-state index in [1.807, 2.05) is 0 Å². The zero-order valence-electron chi connectivity index (χ0n) is 28.9. The summed E-state index contributed by atoms with van der Waals surface area (Å²) in [6.45, 7) is 4.72. The second-order valence-corrected chi connectivity index (χ2v) is 14.6. The van der Waals surface area contributed by atoms with Gasteiger partial charge in [0.1, 0.15) is 0 Å². The summed E-state index contributed by atoms with van der Waals surface area (Å²) in [4.78, 5) is 10.9. The van der Waals surface area contributed by atoms with Gasteiger partial charge in [-0.2, -0.15) is 0 Å². The summed E-state index contributed by atoms with van der Waals surface area (Å²) in [5.74, 6) is 0.673. The average Bonchev–Trinajstić information content (AvgIpc) is 3.51. The van der Waals surface area contributed by atoms with Crippen LogP contribution in [0.5, 0.6) is 0 Å². The highest BCUT2D eigenvalue weighted by atomic mass is 15.2. The highest BCUT2D eigenvalue weighted by Crippen LogP contribution is 2.53. The molecule has 2 aromatic heterocycles. The van der Waals surface area contributed by atoms with E-state index in [0.717, 1.165) is 33.2 Å². The number of fused-ring (bicyclic) bond motifs is 8. The van der Waals surface area contributed by atoms with Crippen LogP contribution in [0.15, 0.2) is 164 Å². The Morgan fingerprint density at radius 3 is 1.96 bits per heavy atom. The molecular formula is C49H33N3. The van der Waals surface area contributed by atoms with E-state index in [1.54, 1.807) is 0 Å². The molecule has 0 atom stereocenters. The molecule has 1 aliphatic rings. The monoisotopic (exact) mass is 663 g/mol. The number of aromatic nitrogens is 3. The van der Waals surface area contributed by atoms with Crippen molar-refractivity contribution in [3.63, 3.8) is 0 Å². The molecule has 0 bridgehead atoms. The van der Waals surface area contributed by atoms with Gasteiger partial charge in [-0.3, -0.25) is 4.57 Å². The van der Waals surface area contributed by atoms with Crippen LogP contribution in [0.1, 0.15) is 25.0 Å². The third-order valence-electron chi connectivity index (χ3n) is 11.4. The summed E-state index contributed by atoms with van der Waals surface area (Å²) in [5.41, 5.74) is 12.6. The maximum Gasteiger partial charge on any atom is 0.235 e. The predicted octanol–water partition coefficient (Wildman–Crippen LogP) is 12.7. The predicted molar refractivity (Wildman–Crippen MR) is 217 cm³/mol. The van der Waals surface area contributed by atoms with Gasteiger partial charge in [-0.15, -0.1) is 0 Å². The van der Waals surface area contributed by atoms with Gasteiger partial charge in [0.05, 0.1) is 22.2 Å². The molecule has 8 aromatic carbocycles. The van der Waals surface area contributed by atoms with Crippen LogP contribution in [0.25, 0.3) is 93.7 Å². The first-order valence-corrected chi connectivity index (χ1v) is 18.0. The molecule has 3 heteroatoms. The van der Waals surface area contributed by atoms with Crippen molar-refractivity contribution in [1.82, 2.24) is 14.5 Å². The molecule has 52 heavy (non-hydrogen) atoms. The minimum Gasteiger partial charge on any atom is -0.277 e. The highest BCUT2D eigenvalue weighted by molar-refractivity contribution is 6.24. The summed E-state index contributed by atoms with van der Waals surface area (Å²) in [6.07, 6.45) is 0. The third kappa shape index (κ3) is 4.08. The van der Waals surface area contributed by atoms with Crippen molar-refractivity contribution >= 4 is 54.3 Å². The van der Waals surface area contributed by atoms with Crippen molar-refractivity contribution in [2.45, 2.75) is 19.3 Å². The van der Waals surface area contributed by atoms with E-state index >= 15 is 0 Å². The smallest absolute Gasteiger partial charge is 0.235 e. The molecule has 0 aliphatic heterocycles. The van der Waals surface area contributed by atoms with Gasteiger partial charge in [-0.05, 0) is 73.6 Å². The Labute approximate surface area is 301 Å². The molecule has 0 saturated heterocycles. The lowest BCUT2D eigenvalue weighted by Gasteiger charge is -2.35. The summed E-state index contributed by atoms with van der Waals surface area (Å²) in [5, 5.41) is 8.42. The summed E-state index contributed by atoms with van der Waals surface area (Å²) < 4.78 is 2.35. The van der Waals surface area contributed by atoms with Crippen molar-refractivity contribution in [1.29, 1.82) is 0 Å². The minimum absolute atomic E-state index is 0.152. The number of hydrogen-bond donors (Lipinski definition) is 0. The Hall–Kier alpha value is -6.58. The third-order valence-corrected chi connectivity index (χ3v) is 11.4. The number of nitrogens with zero attached hydrogens (tertiary/aromatic N) is 3. The van der Waals surface area contributed by atoms with Gasteiger partial charge in [-0.1, -0.05) is 153 Å². The summed E-state index contributed by atoms with van der Waals surface area (Å²) >= 11 is 0. The standard InChI is InChI=1S/C49H33N3/c1-49(2)40-20-10-8-18-36(40)45-44-35(17-12-21-41(44)49)28-39-38-27-33-15-6-7-16-34(33)29-43(38)52(47(39)45)48-50-42-22-11-9-19-37(42)46(51-48)32-25-23-31(24-26-32)30-13-4-3-5-14-30/h3-29H,1-2H3. The number of rotatable bonds is 3. The van der Waals surface area contributed by atoms with E-state index in [0.29, 0.717) is 5.95 Å². The number of para-hydroxylation sites is 1. The van der Waals surface area contributed by atoms with Crippen LogP contribution in [0.2, 0.25) is 0 Å². The van der Waals surface area contributed by atoms with Crippen LogP contribution in [0.4, 0.5) is 0 Å². The number of benzene rings is 8. The van der Waals surface area contributed by atoms with Crippen LogP contribution in [0.3, 0.4) is 0 Å². The number of hydrogen-bond acceptors (Lipinski definition) is 2. The molecule has 0 radical (unpaired) electrons. The average molecular weight is 664 g/mol. The van der Waals surface area contributed by atoms with E-state index in [2.05, 4.69) is 182 Å². The van der Waals surface area contributed by atoms with Crippen LogP contribution in [-0.4, -0.2) is 14.5 Å². The fraction of sp³-hybridized carbons (Fsp3) is 0.0612. The Morgan fingerprint density at radius 1 is 0.481 bits per heavy atom. The van der Waals surface area contributed by atoms with E-state index < -0.39 is 0 Å². The molecule has 11 rings (SSSR count). The van der Waals surface area contributed by atoms with Crippen molar-refractivity contribution in [2.75, 3.05) is 0 Å². The summed E-state index contributed by atoms with van der Waals surface area (Å²) in [7, 11) is 0. The summed E-state index contributed by atoms with van der Waals surface area (Å²) in [6, 6.07) is 59.3. The Morgan fingerprint density at radius 2 is 1.12 bits per heavy atom. The fourth-order valence-electron chi connectivity index (χ4n) is 8.85. The van der Waals surface area contributed by atoms with Gasteiger partial charge in [0.15, 0.2) is 0 Å². The maximum absolute atomic E-state index is 5.53. The lowest BCUT2D eigenvalue weighted by atomic mass is 9.68. The molecule has 10 aromatic rings. The minimum atomic E-state index is -0.152. The Balaban J connectivity index is 1.29. The van der Waals surface area contributed by atoms with Crippen molar-refractivity contribution < 1.29 is 0 Å². The molecule has 0 spiro atoms.